The van der Waals surface area contributed by atoms with E-state index in [0.29, 0.717) is 5.92 Å². The zero-order chi connectivity index (χ0) is 9.80. The van der Waals surface area contributed by atoms with Crippen LogP contribution in [0.4, 0.5) is 0 Å². The highest BCUT2D eigenvalue weighted by molar-refractivity contribution is 7.80. The van der Waals surface area contributed by atoms with E-state index in [-0.39, 0.29) is 0 Å². The minimum Gasteiger partial charge on any atom is -0.493 e. The first-order valence-corrected chi connectivity index (χ1v) is 5.85. The molecular weight excluding hydrogens is 192 g/mol. The van der Waals surface area contributed by atoms with Crippen LogP contribution in [0, 0.1) is 5.92 Å². The quantitative estimate of drug-likeness (QED) is 0.751. The first-order chi connectivity index (χ1) is 6.90. The van der Waals surface area contributed by atoms with Crippen LogP contribution in [0.5, 0.6) is 5.75 Å². The van der Waals surface area contributed by atoms with E-state index in [2.05, 4.69) is 30.8 Å². The maximum absolute atomic E-state index is 5.71. The van der Waals surface area contributed by atoms with Gasteiger partial charge in [-0.25, -0.2) is 0 Å². The summed E-state index contributed by atoms with van der Waals surface area (Å²) in [5.74, 6) is 2.75. The van der Waals surface area contributed by atoms with Crippen LogP contribution in [0.1, 0.15) is 18.4 Å². The molecule has 1 aliphatic rings. The third-order valence-electron chi connectivity index (χ3n) is 2.73. The zero-order valence-electron chi connectivity index (χ0n) is 8.28. The summed E-state index contributed by atoms with van der Waals surface area (Å²) >= 11 is 4.23. The minimum atomic E-state index is 0.692. The van der Waals surface area contributed by atoms with E-state index in [4.69, 9.17) is 4.74 Å². The van der Waals surface area contributed by atoms with E-state index in [1.54, 1.807) is 0 Å². The molecule has 2 rings (SSSR count). The molecular formula is C12H16OS. The van der Waals surface area contributed by atoms with Gasteiger partial charge in [0.2, 0.25) is 0 Å². The Morgan fingerprint density at radius 3 is 3.07 bits per heavy atom. The summed E-state index contributed by atoms with van der Waals surface area (Å²) in [7, 11) is 0. The Bertz CT molecular complexity index is 298. The first-order valence-electron chi connectivity index (χ1n) is 5.21. The fourth-order valence-corrected chi connectivity index (χ4v) is 2.14. The van der Waals surface area contributed by atoms with Gasteiger partial charge in [0.1, 0.15) is 5.75 Å². The first kappa shape index (κ1) is 9.91. The number of hydrogen-bond acceptors (Lipinski definition) is 2. The molecule has 0 spiro atoms. The van der Waals surface area contributed by atoms with Crippen LogP contribution in [-0.4, -0.2) is 12.4 Å². The Balaban J connectivity index is 1.99. The Hall–Kier alpha value is -0.630. The number of fused-ring (bicyclic) bond motifs is 1. The van der Waals surface area contributed by atoms with Crippen molar-refractivity contribution in [2.24, 2.45) is 5.92 Å². The van der Waals surface area contributed by atoms with Gasteiger partial charge in [-0.05, 0) is 42.6 Å². The predicted molar refractivity (Wildman–Crippen MR) is 62.2 cm³/mol. The number of para-hydroxylation sites is 1. The lowest BCUT2D eigenvalue weighted by Gasteiger charge is -2.24. The zero-order valence-corrected chi connectivity index (χ0v) is 9.17. The molecule has 1 nitrogen and oxygen atoms in total. The molecule has 0 aliphatic carbocycles. The lowest BCUT2D eigenvalue weighted by molar-refractivity contribution is 0.213. The standard InChI is InChI=1S/C12H16OS/c14-7-3-4-10-8-11-5-1-2-6-12(11)13-9-10/h1-2,5-6,10,14H,3-4,7-9H2. The summed E-state index contributed by atoms with van der Waals surface area (Å²) in [5.41, 5.74) is 1.36. The summed E-state index contributed by atoms with van der Waals surface area (Å²) in [4.78, 5) is 0. The maximum atomic E-state index is 5.71. The molecule has 2 heteroatoms. The second kappa shape index (κ2) is 4.74. The van der Waals surface area contributed by atoms with E-state index in [1.807, 2.05) is 6.07 Å². The van der Waals surface area contributed by atoms with Gasteiger partial charge in [-0.1, -0.05) is 18.2 Å². The summed E-state index contributed by atoms with van der Waals surface area (Å²) < 4.78 is 5.71. The second-order valence-corrected chi connectivity index (χ2v) is 4.30. The highest BCUT2D eigenvalue weighted by Crippen LogP contribution is 2.28. The molecule has 0 aromatic heterocycles. The van der Waals surface area contributed by atoms with Crippen molar-refractivity contribution in [1.82, 2.24) is 0 Å². The lowest BCUT2D eigenvalue weighted by Crippen LogP contribution is -2.20. The fraction of sp³-hybridized carbons (Fsp3) is 0.500. The molecule has 0 bridgehead atoms. The van der Waals surface area contributed by atoms with Gasteiger partial charge in [0, 0.05) is 0 Å². The van der Waals surface area contributed by atoms with Crippen LogP contribution in [0.25, 0.3) is 0 Å². The molecule has 14 heavy (non-hydrogen) atoms. The van der Waals surface area contributed by atoms with Crippen LogP contribution < -0.4 is 4.74 Å². The van der Waals surface area contributed by atoms with Crippen molar-refractivity contribution in [3.8, 4) is 5.75 Å². The van der Waals surface area contributed by atoms with Crippen molar-refractivity contribution in [2.75, 3.05) is 12.4 Å². The predicted octanol–water partition coefficient (Wildman–Crippen LogP) is 2.95. The van der Waals surface area contributed by atoms with Crippen molar-refractivity contribution in [2.45, 2.75) is 19.3 Å². The maximum Gasteiger partial charge on any atom is 0.122 e. The lowest BCUT2D eigenvalue weighted by atomic mass is 9.93. The van der Waals surface area contributed by atoms with Gasteiger partial charge < -0.3 is 4.74 Å². The summed E-state index contributed by atoms with van der Waals surface area (Å²) in [6.07, 6.45) is 3.60. The second-order valence-electron chi connectivity index (χ2n) is 3.85. The van der Waals surface area contributed by atoms with E-state index in [9.17, 15) is 0 Å². The van der Waals surface area contributed by atoms with Crippen molar-refractivity contribution >= 4 is 12.6 Å². The Labute approximate surface area is 90.9 Å². The molecule has 0 saturated heterocycles. The molecule has 1 unspecified atom stereocenters. The molecule has 0 radical (unpaired) electrons. The molecule has 1 atom stereocenters. The number of benzene rings is 1. The number of ether oxygens (including phenoxy) is 1. The Morgan fingerprint density at radius 1 is 1.36 bits per heavy atom. The monoisotopic (exact) mass is 208 g/mol. The van der Waals surface area contributed by atoms with Gasteiger partial charge in [-0.3, -0.25) is 0 Å². The van der Waals surface area contributed by atoms with E-state index >= 15 is 0 Å². The molecule has 1 aromatic rings. The van der Waals surface area contributed by atoms with E-state index < -0.39 is 0 Å². The Kier molecular flexibility index (Phi) is 3.35. The molecule has 0 saturated carbocycles. The van der Waals surface area contributed by atoms with Gasteiger partial charge in [0.25, 0.3) is 0 Å². The van der Waals surface area contributed by atoms with Crippen LogP contribution >= 0.6 is 12.6 Å². The van der Waals surface area contributed by atoms with Crippen LogP contribution in [0.15, 0.2) is 24.3 Å². The average molecular weight is 208 g/mol. The number of hydrogen-bond donors (Lipinski definition) is 1. The fourth-order valence-electron chi connectivity index (χ4n) is 1.96. The van der Waals surface area contributed by atoms with Crippen molar-refractivity contribution in [3.63, 3.8) is 0 Å². The highest BCUT2D eigenvalue weighted by atomic mass is 32.1. The summed E-state index contributed by atoms with van der Waals surface area (Å²) in [5, 5.41) is 0. The normalized spacial score (nSPS) is 19.9. The third kappa shape index (κ3) is 2.24. The van der Waals surface area contributed by atoms with Crippen LogP contribution in [0.2, 0.25) is 0 Å². The SMILES string of the molecule is SCCCC1COc2ccccc2C1. The van der Waals surface area contributed by atoms with Crippen molar-refractivity contribution in [1.29, 1.82) is 0 Å². The van der Waals surface area contributed by atoms with Gasteiger partial charge >= 0.3 is 0 Å². The highest BCUT2D eigenvalue weighted by Gasteiger charge is 2.18. The molecule has 0 N–H and O–H groups in total. The van der Waals surface area contributed by atoms with Crippen LogP contribution in [0.3, 0.4) is 0 Å². The molecule has 1 aliphatic heterocycles. The largest absolute Gasteiger partial charge is 0.493 e. The summed E-state index contributed by atoms with van der Waals surface area (Å²) in [6.45, 7) is 0.880. The smallest absolute Gasteiger partial charge is 0.122 e. The van der Waals surface area contributed by atoms with E-state index in [1.165, 1.54) is 24.8 Å². The average Bonchev–Trinajstić information content (AvgIpc) is 2.26. The number of rotatable bonds is 3. The van der Waals surface area contributed by atoms with Gasteiger partial charge in [-0.2, -0.15) is 12.6 Å². The van der Waals surface area contributed by atoms with Crippen molar-refractivity contribution in [3.05, 3.63) is 29.8 Å². The van der Waals surface area contributed by atoms with Crippen molar-refractivity contribution < 1.29 is 4.74 Å². The molecule has 1 heterocycles. The van der Waals surface area contributed by atoms with Gasteiger partial charge in [-0.15, -0.1) is 0 Å². The topological polar surface area (TPSA) is 9.23 Å². The molecule has 0 amide bonds. The Morgan fingerprint density at radius 2 is 2.21 bits per heavy atom. The van der Waals surface area contributed by atoms with Crippen LogP contribution in [-0.2, 0) is 6.42 Å². The summed E-state index contributed by atoms with van der Waals surface area (Å²) in [6, 6.07) is 8.35. The molecule has 1 aromatic carbocycles. The van der Waals surface area contributed by atoms with E-state index in [0.717, 1.165) is 18.1 Å². The van der Waals surface area contributed by atoms with Gasteiger partial charge in [0.05, 0.1) is 6.61 Å². The minimum absolute atomic E-state index is 0.692. The molecule has 76 valence electrons. The molecule has 0 fully saturated rings. The third-order valence-corrected chi connectivity index (χ3v) is 3.04. The van der Waals surface area contributed by atoms with Gasteiger partial charge in [0.15, 0.2) is 0 Å². The number of thiol groups is 1.